The number of nitrogens with two attached hydrogens (primary N) is 1. The minimum atomic E-state index is -0.403. The molecule has 0 aliphatic carbocycles. The average molecular weight is 241 g/mol. The van der Waals surface area contributed by atoms with E-state index in [0.717, 1.165) is 17.7 Å². The molecular weight excluding hydrogens is 224 g/mol. The minimum Gasteiger partial charge on any atom is -0.330 e. The summed E-state index contributed by atoms with van der Waals surface area (Å²) >= 11 is 4.96. The predicted octanol–water partition coefficient (Wildman–Crippen LogP) is 2.30. The van der Waals surface area contributed by atoms with Gasteiger partial charge in [0, 0.05) is 18.3 Å². The molecule has 0 aliphatic heterocycles. The smallest absolute Gasteiger partial charge is 0.245 e. The molecule has 0 amide bonds. The number of aromatic nitrogens is 1. The topological polar surface area (TPSA) is 56.0 Å². The molecule has 1 aromatic heterocycles. The normalized spacial score (nSPS) is 8.75. The number of carbonyl (C=O) groups excluding carboxylic acids is 1. The van der Waals surface area contributed by atoms with Gasteiger partial charge in [0.1, 0.15) is 0 Å². The first-order valence-electron chi connectivity index (χ1n) is 5.00. The summed E-state index contributed by atoms with van der Waals surface area (Å²) in [6.45, 7) is 4.32. The number of nitrogens with zero attached hydrogens (tertiary/aromatic N) is 1. The molecule has 16 heavy (non-hydrogen) atoms. The zero-order valence-electron chi connectivity index (χ0n) is 9.61. The van der Waals surface area contributed by atoms with E-state index in [0.29, 0.717) is 6.54 Å². The Labute approximate surface area is 101 Å². The van der Waals surface area contributed by atoms with Gasteiger partial charge in [-0.05, 0) is 50.2 Å². The summed E-state index contributed by atoms with van der Waals surface area (Å²) in [5, 5.41) is -0.403. The van der Waals surface area contributed by atoms with Crippen LogP contribution in [-0.2, 0) is 11.2 Å². The van der Waals surface area contributed by atoms with Crippen molar-refractivity contribution in [2.75, 3.05) is 6.54 Å². The van der Waals surface area contributed by atoms with Crippen LogP contribution in [0.25, 0.3) is 0 Å². The number of carbonyl (C=O) groups is 1. The van der Waals surface area contributed by atoms with E-state index in [1.165, 1.54) is 6.08 Å². The summed E-state index contributed by atoms with van der Waals surface area (Å²) in [5.41, 5.74) is 7.32. The first-order chi connectivity index (χ1) is 7.56. The van der Waals surface area contributed by atoms with Crippen LogP contribution in [0.15, 0.2) is 36.0 Å². The van der Waals surface area contributed by atoms with Crippen molar-refractivity contribution in [3.63, 3.8) is 0 Å². The van der Waals surface area contributed by atoms with Crippen LogP contribution >= 0.6 is 11.6 Å². The number of hydrogen-bond donors (Lipinski definition) is 1. The van der Waals surface area contributed by atoms with Crippen molar-refractivity contribution in [3.05, 3.63) is 41.7 Å². The molecule has 4 heteroatoms. The largest absolute Gasteiger partial charge is 0.330 e. The van der Waals surface area contributed by atoms with Crippen molar-refractivity contribution in [1.82, 2.24) is 4.98 Å². The Kier molecular flexibility index (Phi) is 8.39. The zero-order chi connectivity index (χ0) is 12.4. The molecule has 0 radical (unpaired) electrons. The highest BCUT2D eigenvalue weighted by molar-refractivity contribution is 6.66. The summed E-state index contributed by atoms with van der Waals surface area (Å²) in [6, 6.07) is 5.85. The molecule has 0 saturated carbocycles. The van der Waals surface area contributed by atoms with Gasteiger partial charge in [0.15, 0.2) is 0 Å². The molecule has 1 rings (SSSR count). The molecule has 0 atom stereocenters. The fourth-order valence-corrected chi connectivity index (χ4v) is 1.14. The van der Waals surface area contributed by atoms with E-state index in [1.807, 2.05) is 32.0 Å². The summed E-state index contributed by atoms with van der Waals surface area (Å²) < 4.78 is 0. The van der Waals surface area contributed by atoms with Crippen LogP contribution in [0.1, 0.15) is 19.5 Å². The molecule has 0 spiro atoms. The van der Waals surface area contributed by atoms with E-state index in [9.17, 15) is 4.79 Å². The average Bonchev–Trinajstić information content (AvgIpc) is 2.18. The summed E-state index contributed by atoms with van der Waals surface area (Å²) in [6.07, 6.45) is 4.04. The van der Waals surface area contributed by atoms with Crippen molar-refractivity contribution >= 4 is 16.8 Å². The third-order valence-corrected chi connectivity index (χ3v) is 1.64. The van der Waals surface area contributed by atoms with Crippen LogP contribution in [-0.4, -0.2) is 16.8 Å². The Morgan fingerprint density at radius 2 is 2.19 bits per heavy atom. The Balaban J connectivity index is 0.000000293. The molecule has 2 N–H and O–H groups in total. The fourth-order valence-electron chi connectivity index (χ4n) is 0.921. The number of halogens is 1. The Morgan fingerprint density at radius 3 is 2.50 bits per heavy atom. The van der Waals surface area contributed by atoms with Gasteiger partial charge in [-0.3, -0.25) is 9.78 Å². The number of rotatable bonds is 3. The molecule has 3 nitrogen and oxygen atoms in total. The van der Waals surface area contributed by atoms with Crippen molar-refractivity contribution in [2.24, 2.45) is 5.73 Å². The lowest BCUT2D eigenvalue weighted by Crippen LogP contribution is -2.03. The second-order valence-electron chi connectivity index (χ2n) is 3.39. The zero-order valence-corrected chi connectivity index (χ0v) is 10.4. The number of allylic oxidation sites excluding steroid dienone is 2. The van der Waals surface area contributed by atoms with E-state index in [1.54, 1.807) is 6.20 Å². The second kappa shape index (κ2) is 9.07. The second-order valence-corrected chi connectivity index (χ2v) is 3.76. The van der Waals surface area contributed by atoms with Crippen LogP contribution in [0.5, 0.6) is 0 Å². The van der Waals surface area contributed by atoms with Crippen molar-refractivity contribution < 1.29 is 4.79 Å². The lowest BCUT2D eigenvalue weighted by Gasteiger charge is -1.92. The van der Waals surface area contributed by atoms with E-state index < -0.39 is 5.24 Å². The quantitative estimate of drug-likeness (QED) is 0.652. The molecule has 0 unspecified atom stereocenters. The maximum atomic E-state index is 9.94. The highest BCUT2D eigenvalue weighted by atomic mass is 35.5. The maximum Gasteiger partial charge on any atom is 0.245 e. The van der Waals surface area contributed by atoms with Gasteiger partial charge in [0.05, 0.1) is 0 Å². The van der Waals surface area contributed by atoms with Crippen LogP contribution < -0.4 is 5.73 Å². The van der Waals surface area contributed by atoms with Gasteiger partial charge >= 0.3 is 0 Å². The molecule has 0 bridgehead atoms. The predicted molar refractivity (Wildman–Crippen MR) is 67.3 cm³/mol. The van der Waals surface area contributed by atoms with Gasteiger partial charge in [-0.1, -0.05) is 11.6 Å². The third kappa shape index (κ3) is 9.37. The fraction of sp³-hybridized carbons (Fsp3) is 0.333. The van der Waals surface area contributed by atoms with Crippen molar-refractivity contribution in [1.29, 1.82) is 0 Å². The summed E-state index contributed by atoms with van der Waals surface area (Å²) in [5.74, 6) is 0. The highest BCUT2D eigenvalue weighted by Gasteiger charge is 1.86. The van der Waals surface area contributed by atoms with Gasteiger partial charge in [-0.15, -0.1) is 0 Å². The molecule has 88 valence electrons. The van der Waals surface area contributed by atoms with Crippen molar-refractivity contribution in [3.8, 4) is 0 Å². The van der Waals surface area contributed by atoms with E-state index in [4.69, 9.17) is 17.3 Å². The highest BCUT2D eigenvalue weighted by Crippen LogP contribution is 1.91. The molecule has 0 saturated heterocycles. The van der Waals surface area contributed by atoms with Gasteiger partial charge in [0.25, 0.3) is 0 Å². The van der Waals surface area contributed by atoms with Crippen LogP contribution in [0, 0.1) is 0 Å². The number of hydrogen-bond acceptors (Lipinski definition) is 3. The molecule has 0 aliphatic rings. The monoisotopic (exact) mass is 240 g/mol. The maximum absolute atomic E-state index is 9.94. The molecule has 0 aromatic carbocycles. The van der Waals surface area contributed by atoms with Gasteiger partial charge in [-0.25, -0.2) is 0 Å². The standard InChI is InChI=1S/C7H10N2.C5H7ClO/c8-5-4-7-3-1-2-6-9-7;1-4(2)3-5(6)7/h1-3,6H,4-5,8H2;3H,1-2H3. The molecule has 0 fully saturated rings. The Hall–Kier alpha value is -1.19. The van der Waals surface area contributed by atoms with Gasteiger partial charge in [-0.2, -0.15) is 0 Å². The van der Waals surface area contributed by atoms with Crippen molar-refractivity contribution in [2.45, 2.75) is 20.3 Å². The minimum absolute atomic E-state index is 0.403. The van der Waals surface area contributed by atoms with Gasteiger partial charge in [0.2, 0.25) is 5.24 Å². The lowest BCUT2D eigenvalue weighted by molar-refractivity contribution is -0.107. The third-order valence-electron chi connectivity index (χ3n) is 1.53. The summed E-state index contributed by atoms with van der Waals surface area (Å²) in [7, 11) is 0. The Morgan fingerprint density at radius 1 is 1.50 bits per heavy atom. The Bertz CT molecular complexity index is 332. The van der Waals surface area contributed by atoms with Crippen LogP contribution in [0.3, 0.4) is 0 Å². The number of pyridine rings is 1. The lowest BCUT2D eigenvalue weighted by atomic mass is 10.3. The van der Waals surface area contributed by atoms with E-state index >= 15 is 0 Å². The van der Waals surface area contributed by atoms with Crippen LogP contribution in [0.4, 0.5) is 0 Å². The molecular formula is C12H17ClN2O. The van der Waals surface area contributed by atoms with Crippen LogP contribution in [0.2, 0.25) is 0 Å². The first-order valence-corrected chi connectivity index (χ1v) is 5.38. The van der Waals surface area contributed by atoms with E-state index in [-0.39, 0.29) is 0 Å². The first kappa shape index (κ1) is 14.8. The van der Waals surface area contributed by atoms with E-state index in [2.05, 4.69) is 4.98 Å². The SMILES string of the molecule is CC(C)=CC(=O)Cl.NCCc1ccccn1. The van der Waals surface area contributed by atoms with Gasteiger partial charge < -0.3 is 5.73 Å². The summed E-state index contributed by atoms with van der Waals surface area (Å²) in [4.78, 5) is 14.0. The molecule has 1 aromatic rings. The molecule has 1 heterocycles.